The minimum atomic E-state index is 0.0864. The third kappa shape index (κ3) is 1.66. The summed E-state index contributed by atoms with van der Waals surface area (Å²) in [7, 11) is 1.66. The summed E-state index contributed by atoms with van der Waals surface area (Å²) in [5.74, 6) is 1.10. The van der Waals surface area contributed by atoms with Crippen molar-refractivity contribution in [3.05, 3.63) is 22.7 Å². The Morgan fingerprint density at radius 2 is 2.33 bits per heavy atom. The van der Waals surface area contributed by atoms with Crippen molar-refractivity contribution >= 4 is 17.3 Å². The molecule has 0 saturated carbocycles. The van der Waals surface area contributed by atoms with E-state index in [0.717, 1.165) is 28.6 Å². The summed E-state index contributed by atoms with van der Waals surface area (Å²) in [6.45, 7) is 2.82. The van der Waals surface area contributed by atoms with E-state index in [0.29, 0.717) is 0 Å². The smallest absolute Gasteiger partial charge is 0.142 e. The van der Waals surface area contributed by atoms with Crippen LogP contribution in [0, 0.1) is 0 Å². The topological polar surface area (TPSA) is 47.3 Å². The first-order valence-corrected chi connectivity index (χ1v) is 5.38. The van der Waals surface area contributed by atoms with Gasteiger partial charge in [0.15, 0.2) is 0 Å². The molecule has 2 rings (SSSR count). The highest BCUT2D eigenvalue weighted by Crippen LogP contribution is 2.43. The zero-order valence-electron chi connectivity index (χ0n) is 8.88. The first-order chi connectivity index (χ1) is 7.15. The van der Waals surface area contributed by atoms with Crippen molar-refractivity contribution < 1.29 is 4.74 Å². The maximum Gasteiger partial charge on any atom is 0.142 e. The minimum absolute atomic E-state index is 0.0864. The second-order valence-corrected chi connectivity index (χ2v) is 4.29. The van der Waals surface area contributed by atoms with E-state index < -0.39 is 0 Å². The predicted molar refractivity (Wildman–Crippen MR) is 62.9 cm³/mol. The first-order valence-electron chi connectivity index (χ1n) is 5.01. The third-order valence-corrected chi connectivity index (χ3v) is 3.21. The van der Waals surface area contributed by atoms with Gasteiger partial charge in [0.05, 0.1) is 12.8 Å². The molecule has 0 radical (unpaired) electrons. The molecule has 2 unspecified atom stereocenters. The second kappa shape index (κ2) is 3.91. The number of benzene rings is 1. The van der Waals surface area contributed by atoms with E-state index in [2.05, 4.69) is 5.32 Å². The van der Waals surface area contributed by atoms with Crippen molar-refractivity contribution in [2.45, 2.75) is 18.9 Å². The molecule has 0 amide bonds. The SMILES string of the molecule is COc1ccc(Cl)c2c1NCC2C(C)N. The van der Waals surface area contributed by atoms with Crippen molar-refractivity contribution in [1.29, 1.82) is 0 Å². The minimum Gasteiger partial charge on any atom is -0.495 e. The van der Waals surface area contributed by atoms with E-state index in [4.69, 9.17) is 22.1 Å². The average Bonchev–Trinajstić information content (AvgIpc) is 2.63. The number of rotatable bonds is 2. The highest BCUT2D eigenvalue weighted by molar-refractivity contribution is 6.32. The Bertz CT molecular complexity index is 379. The standard InChI is InChI=1S/C11H15ClN2O/c1-6(13)7-5-14-11-9(15-2)4-3-8(12)10(7)11/h3-4,6-7,14H,5,13H2,1-2H3. The van der Waals surface area contributed by atoms with Crippen molar-refractivity contribution in [1.82, 2.24) is 0 Å². The summed E-state index contributed by atoms with van der Waals surface area (Å²) in [6.07, 6.45) is 0. The molecule has 4 heteroatoms. The summed E-state index contributed by atoms with van der Waals surface area (Å²) in [4.78, 5) is 0. The zero-order valence-corrected chi connectivity index (χ0v) is 9.64. The molecular weight excluding hydrogens is 212 g/mol. The largest absolute Gasteiger partial charge is 0.495 e. The number of nitrogens with two attached hydrogens (primary N) is 1. The third-order valence-electron chi connectivity index (χ3n) is 2.88. The lowest BCUT2D eigenvalue weighted by Crippen LogP contribution is -2.26. The average molecular weight is 227 g/mol. The van der Waals surface area contributed by atoms with Crippen LogP contribution >= 0.6 is 11.6 Å². The Labute approximate surface area is 94.6 Å². The second-order valence-electron chi connectivity index (χ2n) is 3.88. The molecule has 0 bridgehead atoms. The van der Waals surface area contributed by atoms with Crippen molar-refractivity contribution in [3.8, 4) is 5.75 Å². The number of hydrogen-bond donors (Lipinski definition) is 2. The molecule has 0 aromatic heterocycles. The number of fused-ring (bicyclic) bond motifs is 1. The fourth-order valence-corrected chi connectivity index (χ4v) is 2.35. The number of anilines is 1. The molecule has 0 aliphatic carbocycles. The van der Waals surface area contributed by atoms with E-state index in [1.807, 2.05) is 19.1 Å². The van der Waals surface area contributed by atoms with Gasteiger partial charge in [-0.15, -0.1) is 0 Å². The van der Waals surface area contributed by atoms with E-state index in [9.17, 15) is 0 Å². The lowest BCUT2D eigenvalue weighted by atomic mass is 9.95. The monoisotopic (exact) mass is 226 g/mol. The summed E-state index contributed by atoms with van der Waals surface area (Å²) in [5, 5.41) is 4.06. The summed E-state index contributed by atoms with van der Waals surface area (Å²) in [6, 6.07) is 3.82. The fraction of sp³-hybridized carbons (Fsp3) is 0.455. The van der Waals surface area contributed by atoms with Crippen molar-refractivity contribution in [3.63, 3.8) is 0 Å². The zero-order chi connectivity index (χ0) is 11.0. The Morgan fingerprint density at radius 3 is 2.93 bits per heavy atom. The summed E-state index contributed by atoms with van der Waals surface area (Å²) < 4.78 is 5.28. The maximum absolute atomic E-state index is 6.19. The van der Waals surface area contributed by atoms with Gasteiger partial charge >= 0.3 is 0 Å². The Balaban J connectivity index is 2.51. The molecule has 1 aromatic rings. The molecule has 3 nitrogen and oxygen atoms in total. The molecule has 1 aliphatic rings. The van der Waals surface area contributed by atoms with Crippen LogP contribution in [0.15, 0.2) is 12.1 Å². The van der Waals surface area contributed by atoms with Crippen LogP contribution in [0.2, 0.25) is 5.02 Å². The van der Waals surface area contributed by atoms with Crippen LogP contribution in [-0.2, 0) is 0 Å². The Hall–Kier alpha value is -0.930. The molecule has 0 fully saturated rings. The number of nitrogens with one attached hydrogen (secondary N) is 1. The molecule has 1 heterocycles. The number of halogens is 1. The van der Waals surface area contributed by atoms with E-state index >= 15 is 0 Å². The highest BCUT2D eigenvalue weighted by Gasteiger charge is 2.29. The lowest BCUT2D eigenvalue weighted by molar-refractivity contribution is 0.416. The number of hydrogen-bond acceptors (Lipinski definition) is 3. The molecule has 82 valence electrons. The van der Waals surface area contributed by atoms with E-state index in [-0.39, 0.29) is 12.0 Å². The van der Waals surface area contributed by atoms with Gasteiger partial charge in [0.25, 0.3) is 0 Å². The number of ether oxygens (including phenoxy) is 1. The predicted octanol–water partition coefficient (Wildman–Crippen LogP) is 2.20. The Kier molecular flexibility index (Phi) is 2.76. The van der Waals surface area contributed by atoms with Crippen LogP contribution in [0.3, 0.4) is 0 Å². The van der Waals surface area contributed by atoms with Gasteiger partial charge in [0.1, 0.15) is 5.75 Å². The van der Waals surface area contributed by atoms with Gasteiger partial charge in [0, 0.05) is 29.1 Å². The molecule has 3 N–H and O–H groups in total. The molecule has 2 atom stereocenters. The molecule has 1 aliphatic heterocycles. The maximum atomic E-state index is 6.19. The van der Waals surface area contributed by atoms with Gasteiger partial charge in [-0.05, 0) is 19.1 Å². The fourth-order valence-electron chi connectivity index (χ4n) is 2.05. The normalized spacial score (nSPS) is 20.7. The van der Waals surface area contributed by atoms with Crippen LogP contribution < -0.4 is 15.8 Å². The van der Waals surface area contributed by atoms with Crippen LogP contribution in [0.1, 0.15) is 18.4 Å². The molecule has 0 saturated heterocycles. The highest BCUT2D eigenvalue weighted by atomic mass is 35.5. The van der Waals surface area contributed by atoms with Gasteiger partial charge < -0.3 is 15.8 Å². The summed E-state index contributed by atoms with van der Waals surface area (Å²) >= 11 is 6.19. The van der Waals surface area contributed by atoms with Gasteiger partial charge in [-0.25, -0.2) is 0 Å². The van der Waals surface area contributed by atoms with E-state index in [1.54, 1.807) is 7.11 Å². The van der Waals surface area contributed by atoms with Crippen LogP contribution in [0.25, 0.3) is 0 Å². The van der Waals surface area contributed by atoms with Crippen molar-refractivity contribution in [2.75, 3.05) is 19.0 Å². The lowest BCUT2D eigenvalue weighted by Gasteiger charge is -2.16. The van der Waals surface area contributed by atoms with Gasteiger partial charge in [-0.1, -0.05) is 11.6 Å². The Morgan fingerprint density at radius 1 is 1.60 bits per heavy atom. The van der Waals surface area contributed by atoms with E-state index in [1.165, 1.54) is 0 Å². The molecule has 0 spiro atoms. The molecule has 1 aromatic carbocycles. The summed E-state index contributed by atoms with van der Waals surface area (Å²) in [5.41, 5.74) is 8.02. The molecule has 15 heavy (non-hydrogen) atoms. The van der Waals surface area contributed by atoms with Crippen LogP contribution in [-0.4, -0.2) is 19.7 Å². The van der Waals surface area contributed by atoms with Crippen LogP contribution in [0.5, 0.6) is 5.75 Å². The van der Waals surface area contributed by atoms with Gasteiger partial charge in [-0.2, -0.15) is 0 Å². The van der Waals surface area contributed by atoms with Crippen LogP contribution in [0.4, 0.5) is 5.69 Å². The quantitative estimate of drug-likeness (QED) is 0.813. The number of methoxy groups -OCH3 is 1. The first kappa shape index (κ1) is 10.6. The van der Waals surface area contributed by atoms with Gasteiger partial charge in [0.2, 0.25) is 0 Å². The molecular formula is C11H15ClN2O. The van der Waals surface area contributed by atoms with Crippen molar-refractivity contribution in [2.24, 2.45) is 5.73 Å². The van der Waals surface area contributed by atoms with Gasteiger partial charge in [-0.3, -0.25) is 0 Å².